The Kier molecular flexibility index (Phi) is 14.2. The third kappa shape index (κ3) is 7.47. The zero-order chi connectivity index (χ0) is 20.0. The molecule has 5 nitrogen and oxygen atoms in total. The van der Waals surface area contributed by atoms with E-state index in [2.05, 4.69) is 23.1 Å². The molecule has 0 aliphatic carbocycles. The maximum Gasteiger partial charge on any atom is 0.309 e. The second kappa shape index (κ2) is 14.2. The number of rotatable bonds is 3. The summed E-state index contributed by atoms with van der Waals surface area (Å²) in [5, 5.41) is 0. The maximum atomic E-state index is 12.0. The number of anilines is 1. The molecule has 25 heavy (non-hydrogen) atoms. The molecule has 0 aliphatic heterocycles. The van der Waals surface area contributed by atoms with E-state index in [-0.39, 0.29) is 4.87 Å². The Balaban J connectivity index is 0. The minimum atomic E-state index is -0.0854. The highest BCUT2D eigenvalue weighted by Gasteiger charge is 2.13. The Morgan fingerprint density at radius 3 is 2.16 bits per heavy atom. The number of hydrogen-bond acceptors (Lipinski definition) is 5. The summed E-state index contributed by atoms with van der Waals surface area (Å²) >= 11 is 1.07. The Hall–Kier alpha value is -2.21. The Labute approximate surface area is 155 Å². The molecule has 2 heterocycles. The molecule has 0 saturated heterocycles. The van der Waals surface area contributed by atoms with Crippen LogP contribution in [0.25, 0.3) is 10.3 Å². The first-order valence-electron chi connectivity index (χ1n) is 8.46. The molecule has 2 N–H and O–H groups in total. The second-order valence-electron chi connectivity index (χ2n) is 4.24. The SMILES string of the molecule is C=C/C(=C\C)Cn1c(=O)sc2c(N)nc(C)nc21.C=CC.CC.CC. The fraction of sp³-hybridized carbons (Fsp3) is 0.421. The third-order valence-corrected chi connectivity index (χ3v) is 3.62. The molecule has 0 radical (unpaired) electrons. The van der Waals surface area contributed by atoms with Crippen molar-refractivity contribution in [3.8, 4) is 0 Å². The van der Waals surface area contributed by atoms with Gasteiger partial charge < -0.3 is 5.73 Å². The van der Waals surface area contributed by atoms with Crippen molar-refractivity contribution in [2.45, 2.75) is 55.0 Å². The molecule has 0 fully saturated rings. The molecule has 0 spiro atoms. The monoisotopic (exact) mass is 364 g/mol. The first kappa shape index (κ1) is 25.0. The van der Waals surface area contributed by atoms with Crippen LogP contribution in [0.1, 0.15) is 47.4 Å². The standard InChI is InChI=1S/C12H14N4OS.C3H6.2C2H6/c1-4-8(5-2)6-16-11-9(18-12(16)17)10(13)14-7(3)15-11;1-3-2;2*1-2/h4-5H,1,6H2,2-3H3,(H2,13,14,15);3H,1H2,2H3;2*1-2H3/b8-5+;;;. The first-order valence-corrected chi connectivity index (χ1v) is 9.28. The summed E-state index contributed by atoms with van der Waals surface area (Å²) in [6.07, 6.45) is 5.40. The van der Waals surface area contributed by atoms with Crippen LogP contribution < -0.4 is 10.6 Å². The van der Waals surface area contributed by atoms with E-state index in [0.29, 0.717) is 28.5 Å². The lowest BCUT2D eigenvalue weighted by Crippen LogP contribution is -2.14. The summed E-state index contributed by atoms with van der Waals surface area (Å²) in [5.41, 5.74) is 7.37. The quantitative estimate of drug-likeness (QED) is 0.606. The third-order valence-electron chi connectivity index (χ3n) is 2.62. The fourth-order valence-electron chi connectivity index (χ4n) is 1.67. The van der Waals surface area contributed by atoms with Crippen molar-refractivity contribution in [1.29, 1.82) is 0 Å². The van der Waals surface area contributed by atoms with Crippen LogP contribution in [0, 0.1) is 6.92 Å². The van der Waals surface area contributed by atoms with Crippen molar-refractivity contribution in [2.75, 3.05) is 5.73 Å². The van der Waals surface area contributed by atoms with Crippen LogP contribution in [0.5, 0.6) is 0 Å². The van der Waals surface area contributed by atoms with Crippen molar-refractivity contribution in [1.82, 2.24) is 14.5 Å². The van der Waals surface area contributed by atoms with E-state index in [1.807, 2.05) is 47.6 Å². The van der Waals surface area contributed by atoms with Crippen LogP contribution in [0.15, 0.2) is 41.8 Å². The molecule has 2 rings (SSSR count). The number of allylic oxidation sites excluding steroid dienone is 4. The number of nitrogens with two attached hydrogens (primary N) is 1. The molecule has 0 bridgehead atoms. The Morgan fingerprint density at radius 2 is 1.72 bits per heavy atom. The molecule has 140 valence electrons. The van der Waals surface area contributed by atoms with Crippen molar-refractivity contribution in [3.63, 3.8) is 0 Å². The minimum absolute atomic E-state index is 0.0854. The van der Waals surface area contributed by atoms with Gasteiger partial charge in [0.2, 0.25) is 0 Å². The van der Waals surface area contributed by atoms with Gasteiger partial charge in [0.15, 0.2) is 5.65 Å². The number of aryl methyl sites for hydroxylation is 1. The average Bonchev–Trinajstić information content (AvgIpc) is 2.93. The number of hydrogen-bond donors (Lipinski definition) is 1. The lowest BCUT2D eigenvalue weighted by Gasteiger charge is -2.04. The summed E-state index contributed by atoms with van der Waals surface area (Å²) < 4.78 is 2.24. The lowest BCUT2D eigenvalue weighted by atomic mass is 10.2. The normalized spacial score (nSPS) is 9.64. The van der Waals surface area contributed by atoms with Gasteiger partial charge in [-0.15, -0.1) is 6.58 Å². The van der Waals surface area contributed by atoms with Gasteiger partial charge in [-0.3, -0.25) is 9.36 Å². The van der Waals surface area contributed by atoms with E-state index in [4.69, 9.17) is 5.73 Å². The molecule has 6 heteroatoms. The largest absolute Gasteiger partial charge is 0.382 e. The molecule has 0 atom stereocenters. The summed E-state index contributed by atoms with van der Waals surface area (Å²) in [7, 11) is 0. The van der Waals surface area contributed by atoms with E-state index in [9.17, 15) is 4.79 Å². The van der Waals surface area contributed by atoms with Crippen molar-refractivity contribution < 1.29 is 0 Å². The Morgan fingerprint density at radius 1 is 1.20 bits per heavy atom. The van der Waals surface area contributed by atoms with Crippen LogP contribution >= 0.6 is 11.3 Å². The average molecular weight is 365 g/mol. The van der Waals surface area contributed by atoms with E-state index in [1.54, 1.807) is 23.6 Å². The molecule has 2 aromatic heterocycles. The van der Waals surface area contributed by atoms with Crippen LogP contribution in [0.3, 0.4) is 0 Å². The zero-order valence-corrected chi connectivity index (χ0v) is 17.4. The topological polar surface area (TPSA) is 73.8 Å². The van der Waals surface area contributed by atoms with E-state index >= 15 is 0 Å². The number of aromatic nitrogens is 3. The first-order chi connectivity index (χ1) is 12.0. The molecule has 0 amide bonds. The van der Waals surface area contributed by atoms with Crippen molar-refractivity contribution >= 4 is 27.5 Å². The summed E-state index contributed by atoms with van der Waals surface area (Å²) in [6, 6.07) is 0. The predicted molar refractivity (Wildman–Crippen MR) is 113 cm³/mol. The summed E-state index contributed by atoms with van der Waals surface area (Å²) in [6.45, 7) is 21.1. The number of fused-ring (bicyclic) bond motifs is 1. The molecule has 2 aromatic rings. The van der Waals surface area contributed by atoms with Gasteiger partial charge in [-0.05, 0) is 26.3 Å². The molecule has 0 aliphatic rings. The molecular formula is C19H32N4OS. The van der Waals surface area contributed by atoms with Crippen molar-refractivity contribution in [2.24, 2.45) is 0 Å². The highest BCUT2D eigenvalue weighted by molar-refractivity contribution is 7.17. The summed E-state index contributed by atoms with van der Waals surface area (Å²) in [4.78, 5) is 20.2. The number of thiazole rings is 1. The molecule has 0 unspecified atom stereocenters. The van der Waals surface area contributed by atoms with Gasteiger partial charge in [-0.25, -0.2) is 9.97 Å². The Bertz CT molecular complexity index is 742. The summed E-state index contributed by atoms with van der Waals surface area (Å²) in [5.74, 6) is 0.922. The van der Waals surface area contributed by atoms with Crippen LogP contribution in [-0.2, 0) is 6.54 Å². The van der Waals surface area contributed by atoms with Gasteiger partial charge >= 0.3 is 4.87 Å². The number of nitrogen functional groups attached to an aromatic ring is 1. The molecular weight excluding hydrogens is 332 g/mol. The maximum absolute atomic E-state index is 12.0. The highest BCUT2D eigenvalue weighted by atomic mass is 32.1. The second-order valence-corrected chi connectivity index (χ2v) is 5.20. The van der Waals surface area contributed by atoms with Gasteiger partial charge in [-0.1, -0.05) is 63.8 Å². The van der Waals surface area contributed by atoms with Crippen molar-refractivity contribution in [3.05, 3.63) is 52.5 Å². The fourth-order valence-corrected chi connectivity index (χ4v) is 2.51. The molecule has 0 aromatic carbocycles. The minimum Gasteiger partial charge on any atom is -0.382 e. The highest BCUT2D eigenvalue weighted by Crippen LogP contribution is 2.21. The molecule has 0 saturated carbocycles. The number of nitrogens with zero attached hydrogens (tertiary/aromatic N) is 3. The van der Waals surface area contributed by atoms with Crippen LogP contribution in [0.2, 0.25) is 0 Å². The van der Waals surface area contributed by atoms with Gasteiger partial charge in [-0.2, -0.15) is 0 Å². The van der Waals surface area contributed by atoms with Gasteiger partial charge in [0.05, 0.1) is 6.54 Å². The van der Waals surface area contributed by atoms with Gasteiger partial charge in [0.25, 0.3) is 0 Å². The van der Waals surface area contributed by atoms with Crippen LogP contribution in [0.4, 0.5) is 5.82 Å². The zero-order valence-electron chi connectivity index (χ0n) is 16.6. The smallest absolute Gasteiger partial charge is 0.309 e. The van der Waals surface area contributed by atoms with E-state index in [0.717, 1.165) is 16.9 Å². The van der Waals surface area contributed by atoms with Gasteiger partial charge in [0, 0.05) is 0 Å². The van der Waals surface area contributed by atoms with Gasteiger partial charge in [0.1, 0.15) is 16.3 Å². The van der Waals surface area contributed by atoms with E-state index in [1.165, 1.54) is 0 Å². The lowest BCUT2D eigenvalue weighted by molar-refractivity contribution is 0.798. The van der Waals surface area contributed by atoms with E-state index < -0.39 is 0 Å². The predicted octanol–water partition coefficient (Wildman–Crippen LogP) is 5.12. The van der Waals surface area contributed by atoms with Crippen LogP contribution in [-0.4, -0.2) is 14.5 Å².